The summed E-state index contributed by atoms with van der Waals surface area (Å²) < 4.78 is 50.1. The molecule has 0 bridgehead atoms. The molecule has 4 nitrogen and oxygen atoms in total. The molecule has 0 amide bonds. The Hall–Kier alpha value is -3.62. The number of rotatable bonds is 4. The van der Waals surface area contributed by atoms with E-state index in [0.29, 0.717) is 11.5 Å². The molecular weight excluding hydrogens is 671 g/mol. The zero-order chi connectivity index (χ0) is 31.7. The Labute approximate surface area is 259 Å². The third kappa shape index (κ3) is 4.21. The van der Waals surface area contributed by atoms with E-state index in [9.17, 15) is 0 Å². The van der Waals surface area contributed by atoms with Crippen LogP contribution in [-0.2, 0) is 26.5 Å². The molecule has 40 heavy (non-hydrogen) atoms. The van der Waals surface area contributed by atoms with Crippen molar-refractivity contribution >= 4 is 33.2 Å². The summed E-state index contributed by atoms with van der Waals surface area (Å²) in [4.78, 5) is 8.13. The van der Waals surface area contributed by atoms with Gasteiger partial charge in [-0.2, -0.15) is 23.8 Å². The van der Waals surface area contributed by atoms with E-state index in [0.717, 1.165) is 57.2 Å². The standard InChI is InChI=1S/C35H32N4.Pt/c1-24-18-19-36-34(20-24)39-30-13-6-5-12-28(30)29-17-16-26(22-33(29)39)35(2,3)25-10-9-11-27(21-25)38-23-37(4)31-14-7-8-15-32(31)38;/h5-8,10,12-20H,9,11,23H2,1-4H3;/q-2;+2/i1D3,4D3;. The van der Waals surface area contributed by atoms with Crippen LogP contribution in [0, 0.1) is 19.0 Å². The summed E-state index contributed by atoms with van der Waals surface area (Å²) in [5, 5.41) is 2.04. The fourth-order valence-corrected chi connectivity index (χ4v) is 5.86. The smallest absolute Gasteiger partial charge is 0.355 e. The van der Waals surface area contributed by atoms with Crippen molar-refractivity contribution in [2.75, 3.05) is 23.4 Å². The SMILES string of the molecule is [2H]C([2H])([2H])c1ccnc(-n2c3[c-]c(C(C)(C)C4=CCCC(N5CN(C([2H])([2H])[2H])c6ccccc65)=[C-]4)ccc3c3ccccc32)c1.[Pt+2]. The summed E-state index contributed by atoms with van der Waals surface area (Å²) in [5.41, 5.74) is 5.98. The maximum absolute atomic E-state index is 8.10. The molecule has 0 N–H and O–H groups in total. The first kappa shape index (κ1) is 20.3. The van der Waals surface area contributed by atoms with Crippen LogP contribution in [0.25, 0.3) is 27.6 Å². The van der Waals surface area contributed by atoms with Crippen molar-refractivity contribution in [1.82, 2.24) is 9.55 Å². The molecule has 0 radical (unpaired) electrons. The third-order valence-corrected chi connectivity index (χ3v) is 7.99. The Morgan fingerprint density at radius 3 is 2.62 bits per heavy atom. The van der Waals surface area contributed by atoms with Crippen molar-refractivity contribution in [3.63, 3.8) is 0 Å². The molecule has 2 aliphatic rings. The van der Waals surface area contributed by atoms with Gasteiger partial charge in [0.15, 0.2) is 0 Å². The summed E-state index contributed by atoms with van der Waals surface area (Å²) in [5.74, 6) is 0.526. The van der Waals surface area contributed by atoms with Gasteiger partial charge in [-0.05, 0) is 60.0 Å². The van der Waals surface area contributed by atoms with Crippen LogP contribution in [0.1, 0.15) is 46.0 Å². The van der Waals surface area contributed by atoms with Crippen molar-refractivity contribution in [1.29, 1.82) is 0 Å². The number of hydrogen-bond donors (Lipinski definition) is 0. The second-order valence-electron chi connectivity index (χ2n) is 10.7. The molecule has 3 heterocycles. The first-order valence-electron chi connectivity index (χ1n) is 16.2. The van der Waals surface area contributed by atoms with Gasteiger partial charge in [0.1, 0.15) is 5.82 Å². The van der Waals surface area contributed by atoms with Gasteiger partial charge in [-0.25, -0.2) is 22.7 Å². The van der Waals surface area contributed by atoms with Crippen LogP contribution in [0.2, 0.25) is 0 Å². The second-order valence-corrected chi connectivity index (χ2v) is 10.7. The van der Waals surface area contributed by atoms with Gasteiger partial charge in [0, 0.05) is 26.9 Å². The Balaban J connectivity index is 0.00000372. The molecule has 5 aromatic rings. The van der Waals surface area contributed by atoms with Crippen LogP contribution in [0.3, 0.4) is 0 Å². The van der Waals surface area contributed by atoms with Crippen LogP contribution < -0.4 is 9.80 Å². The number of nitrogens with zero attached hydrogens (tertiary/aromatic N) is 4. The Morgan fingerprint density at radius 2 is 1.77 bits per heavy atom. The first-order valence-corrected chi connectivity index (χ1v) is 13.2. The van der Waals surface area contributed by atoms with Gasteiger partial charge in [-0.15, -0.1) is 5.39 Å². The summed E-state index contributed by atoms with van der Waals surface area (Å²) in [6, 6.07) is 26.7. The molecule has 202 valence electrons. The quantitative estimate of drug-likeness (QED) is 0.178. The largest absolute Gasteiger partial charge is 2.00 e. The number of hydrogen-bond acceptors (Lipinski definition) is 3. The van der Waals surface area contributed by atoms with Gasteiger partial charge in [0.25, 0.3) is 0 Å². The zero-order valence-electron chi connectivity index (χ0n) is 28.3. The maximum Gasteiger partial charge on any atom is 2.00 e. The number of para-hydroxylation sites is 3. The molecule has 0 atom stereocenters. The van der Waals surface area contributed by atoms with E-state index < -0.39 is 19.2 Å². The fourth-order valence-electron chi connectivity index (χ4n) is 5.86. The molecule has 0 saturated carbocycles. The molecule has 1 aliphatic carbocycles. The Bertz CT molecular complexity index is 2020. The minimum Gasteiger partial charge on any atom is -0.355 e. The molecule has 1 aliphatic heterocycles. The van der Waals surface area contributed by atoms with E-state index in [1.165, 1.54) is 11.0 Å². The van der Waals surface area contributed by atoms with Gasteiger partial charge >= 0.3 is 21.1 Å². The Kier molecular flexibility index (Phi) is 5.12. The summed E-state index contributed by atoms with van der Waals surface area (Å²) in [6.07, 6.45) is 9.00. The number of benzene rings is 3. The molecule has 0 fully saturated rings. The maximum atomic E-state index is 8.10. The minimum atomic E-state index is -2.25. The molecule has 0 saturated heterocycles. The van der Waals surface area contributed by atoms with Gasteiger partial charge in [0.05, 0.1) is 18.0 Å². The normalized spacial score (nSPS) is 18.1. The van der Waals surface area contributed by atoms with Crippen LogP contribution in [0.5, 0.6) is 0 Å². The predicted molar refractivity (Wildman–Crippen MR) is 161 cm³/mol. The first-order chi connectivity index (χ1) is 21.3. The monoisotopic (exact) mass is 709 g/mol. The third-order valence-electron chi connectivity index (χ3n) is 7.99. The number of aromatic nitrogens is 2. The topological polar surface area (TPSA) is 24.3 Å². The van der Waals surface area contributed by atoms with Crippen molar-refractivity contribution in [3.05, 3.63) is 120 Å². The Morgan fingerprint density at radius 1 is 0.950 bits per heavy atom. The van der Waals surface area contributed by atoms with E-state index in [1.54, 1.807) is 12.3 Å². The number of aryl methyl sites for hydroxylation is 1. The molecule has 7 rings (SSSR count). The van der Waals surface area contributed by atoms with E-state index in [2.05, 4.69) is 60.1 Å². The van der Waals surface area contributed by atoms with Crippen molar-refractivity contribution in [2.24, 2.45) is 0 Å². The average molecular weight is 710 g/mol. The fraction of sp³-hybridized carbons (Fsp3) is 0.229. The van der Waals surface area contributed by atoms with Crippen molar-refractivity contribution in [3.8, 4) is 5.82 Å². The van der Waals surface area contributed by atoms with Crippen LogP contribution in [0.4, 0.5) is 11.4 Å². The second kappa shape index (κ2) is 10.1. The van der Waals surface area contributed by atoms with Crippen molar-refractivity contribution < 1.29 is 29.3 Å². The molecule has 5 heteroatoms. The molecule has 2 aromatic heterocycles. The van der Waals surface area contributed by atoms with Crippen molar-refractivity contribution in [2.45, 2.75) is 39.0 Å². The van der Waals surface area contributed by atoms with E-state index in [4.69, 9.17) is 8.22 Å². The summed E-state index contributed by atoms with van der Waals surface area (Å²) in [6.45, 7) is 0.0430. The summed E-state index contributed by atoms with van der Waals surface area (Å²) >= 11 is 0. The minimum absolute atomic E-state index is 0. The number of allylic oxidation sites excluding steroid dienone is 4. The van der Waals surface area contributed by atoms with Crippen LogP contribution in [-0.4, -0.2) is 23.2 Å². The van der Waals surface area contributed by atoms with Gasteiger partial charge in [-0.1, -0.05) is 61.8 Å². The van der Waals surface area contributed by atoms with E-state index in [1.807, 2.05) is 47.0 Å². The van der Waals surface area contributed by atoms with Gasteiger partial charge < -0.3 is 14.4 Å². The molecular formula is C35H32N4Pt. The predicted octanol–water partition coefficient (Wildman–Crippen LogP) is 7.88. The van der Waals surface area contributed by atoms with E-state index in [-0.39, 0.29) is 33.3 Å². The van der Waals surface area contributed by atoms with Crippen LogP contribution >= 0.6 is 0 Å². The molecule has 0 unspecified atom stereocenters. The van der Waals surface area contributed by atoms with Crippen LogP contribution in [0.15, 0.2) is 96.3 Å². The molecule has 0 spiro atoms. The summed E-state index contributed by atoms with van der Waals surface area (Å²) in [7, 11) is 0. The number of fused-ring (bicyclic) bond motifs is 4. The number of anilines is 2. The van der Waals surface area contributed by atoms with Gasteiger partial charge in [0.2, 0.25) is 0 Å². The zero-order valence-corrected chi connectivity index (χ0v) is 24.6. The number of pyridine rings is 1. The average Bonchev–Trinajstić information content (AvgIpc) is 3.57. The van der Waals surface area contributed by atoms with Gasteiger partial charge in [-0.3, -0.25) is 0 Å². The van der Waals surface area contributed by atoms with E-state index >= 15 is 0 Å². The molecule has 3 aromatic carbocycles.